The number of ether oxygens (including phenoxy) is 5. The number of nitrogens with zero attached hydrogens (tertiary/aromatic N) is 2. The van der Waals surface area contributed by atoms with Crippen LogP contribution in [0.2, 0.25) is 0 Å². The fourth-order valence-electron chi connectivity index (χ4n) is 4.40. The van der Waals surface area contributed by atoms with Crippen LogP contribution in [0.15, 0.2) is 55.9 Å². The number of fused-ring (bicyclic) bond motifs is 1. The number of allylic oxidation sites excluding steroid dienone is 1. The van der Waals surface area contributed by atoms with Crippen LogP contribution in [-0.2, 0) is 9.53 Å². The van der Waals surface area contributed by atoms with E-state index in [4.69, 9.17) is 23.7 Å². The molecule has 206 valence electrons. The molecule has 0 bridgehead atoms. The van der Waals surface area contributed by atoms with E-state index in [0.29, 0.717) is 54.7 Å². The summed E-state index contributed by atoms with van der Waals surface area (Å²) in [5.74, 6) is 1.61. The molecule has 2 heterocycles. The number of halogens is 1. The topological polar surface area (TPSA) is 97.6 Å². The predicted molar refractivity (Wildman–Crippen MR) is 152 cm³/mol. The van der Waals surface area contributed by atoms with Gasteiger partial charge in [-0.1, -0.05) is 11.3 Å². The SMILES string of the molecule is CCOC(=O)C1=C(C)N=c2s/c(=C\c3cc(Br)c(OCC)c(OC)c3)c(=O)n2[C@@H]1c1cc(OC)ccc1OC. The summed E-state index contributed by atoms with van der Waals surface area (Å²) in [6.45, 7) is 6.00. The van der Waals surface area contributed by atoms with E-state index < -0.39 is 12.0 Å². The van der Waals surface area contributed by atoms with Gasteiger partial charge in [-0.05, 0) is 78.7 Å². The highest BCUT2D eigenvalue weighted by Crippen LogP contribution is 2.38. The average molecular weight is 618 g/mol. The summed E-state index contributed by atoms with van der Waals surface area (Å²) in [6, 6.07) is 8.06. The summed E-state index contributed by atoms with van der Waals surface area (Å²) in [5.41, 5.74) is 1.71. The van der Waals surface area contributed by atoms with Gasteiger partial charge in [0.1, 0.15) is 17.5 Å². The van der Waals surface area contributed by atoms with E-state index in [1.807, 2.05) is 13.0 Å². The van der Waals surface area contributed by atoms with Gasteiger partial charge in [0.25, 0.3) is 5.56 Å². The first-order valence-electron chi connectivity index (χ1n) is 12.2. The summed E-state index contributed by atoms with van der Waals surface area (Å²) in [6.07, 6.45) is 1.76. The van der Waals surface area contributed by atoms with Gasteiger partial charge < -0.3 is 23.7 Å². The molecule has 0 saturated carbocycles. The number of carbonyl (C=O) groups excluding carboxylic acids is 1. The number of rotatable bonds is 9. The molecule has 11 heteroatoms. The van der Waals surface area contributed by atoms with Crippen molar-refractivity contribution in [2.45, 2.75) is 26.8 Å². The van der Waals surface area contributed by atoms with Gasteiger partial charge in [0.05, 0.1) is 54.8 Å². The van der Waals surface area contributed by atoms with Gasteiger partial charge in [-0.2, -0.15) is 0 Å². The lowest BCUT2D eigenvalue weighted by Crippen LogP contribution is -2.40. The Labute approximate surface area is 238 Å². The summed E-state index contributed by atoms with van der Waals surface area (Å²) in [4.78, 5) is 32.2. The van der Waals surface area contributed by atoms with Crippen LogP contribution in [0.25, 0.3) is 6.08 Å². The second-order valence-electron chi connectivity index (χ2n) is 8.38. The van der Waals surface area contributed by atoms with Crippen molar-refractivity contribution in [2.75, 3.05) is 34.5 Å². The lowest BCUT2D eigenvalue weighted by molar-refractivity contribution is -0.139. The number of hydrogen-bond donors (Lipinski definition) is 0. The number of aromatic nitrogens is 1. The van der Waals surface area contributed by atoms with Gasteiger partial charge in [0, 0.05) is 5.56 Å². The third kappa shape index (κ3) is 5.46. The van der Waals surface area contributed by atoms with E-state index >= 15 is 0 Å². The van der Waals surface area contributed by atoms with E-state index in [-0.39, 0.29) is 17.7 Å². The average Bonchev–Trinajstić information content (AvgIpc) is 3.22. The lowest BCUT2D eigenvalue weighted by Gasteiger charge is -2.26. The Bertz CT molecular complexity index is 1620. The fraction of sp³-hybridized carbons (Fsp3) is 0.321. The number of benzene rings is 2. The lowest BCUT2D eigenvalue weighted by atomic mass is 9.94. The van der Waals surface area contributed by atoms with Gasteiger partial charge in [-0.15, -0.1) is 0 Å². The van der Waals surface area contributed by atoms with E-state index in [1.54, 1.807) is 58.4 Å². The molecule has 0 unspecified atom stereocenters. The van der Waals surface area contributed by atoms with Gasteiger partial charge >= 0.3 is 5.97 Å². The van der Waals surface area contributed by atoms with Gasteiger partial charge in [-0.25, -0.2) is 9.79 Å². The molecule has 0 spiro atoms. The van der Waals surface area contributed by atoms with Crippen LogP contribution in [0, 0.1) is 0 Å². The molecule has 0 N–H and O–H groups in total. The van der Waals surface area contributed by atoms with Crippen LogP contribution in [0.3, 0.4) is 0 Å². The van der Waals surface area contributed by atoms with Crippen molar-refractivity contribution >= 4 is 39.3 Å². The molecule has 0 fully saturated rings. The Balaban J connectivity index is 1.98. The molecule has 0 saturated heterocycles. The van der Waals surface area contributed by atoms with Gasteiger partial charge in [0.15, 0.2) is 16.3 Å². The molecule has 4 rings (SSSR count). The third-order valence-electron chi connectivity index (χ3n) is 6.09. The van der Waals surface area contributed by atoms with E-state index in [1.165, 1.54) is 23.0 Å². The van der Waals surface area contributed by atoms with E-state index in [0.717, 1.165) is 5.56 Å². The molecule has 2 aromatic carbocycles. The summed E-state index contributed by atoms with van der Waals surface area (Å²) in [5, 5.41) is 0. The summed E-state index contributed by atoms with van der Waals surface area (Å²) >= 11 is 4.76. The van der Waals surface area contributed by atoms with Crippen molar-refractivity contribution in [3.63, 3.8) is 0 Å². The molecular formula is C28H29BrN2O7S. The van der Waals surface area contributed by atoms with Crippen LogP contribution in [0.4, 0.5) is 0 Å². The quantitative estimate of drug-likeness (QED) is 0.335. The van der Waals surface area contributed by atoms with E-state index in [9.17, 15) is 9.59 Å². The monoisotopic (exact) mass is 616 g/mol. The fourth-order valence-corrected chi connectivity index (χ4v) is 6.02. The molecular weight excluding hydrogens is 588 g/mol. The zero-order valence-electron chi connectivity index (χ0n) is 22.5. The number of methoxy groups -OCH3 is 3. The van der Waals surface area contributed by atoms with E-state index in [2.05, 4.69) is 20.9 Å². The Morgan fingerprint density at radius 2 is 1.82 bits per heavy atom. The number of hydrogen-bond acceptors (Lipinski definition) is 9. The van der Waals surface area contributed by atoms with Crippen LogP contribution in [0.5, 0.6) is 23.0 Å². The molecule has 3 aromatic rings. The minimum atomic E-state index is -0.839. The predicted octanol–water partition coefficient (Wildman–Crippen LogP) is 3.99. The van der Waals surface area contributed by atoms with Crippen molar-refractivity contribution in [3.05, 3.63) is 76.9 Å². The Morgan fingerprint density at radius 3 is 2.46 bits per heavy atom. The van der Waals surface area contributed by atoms with Gasteiger partial charge in [0.2, 0.25) is 0 Å². The summed E-state index contributed by atoms with van der Waals surface area (Å²) < 4.78 is 30.3. The van der Waals surface area contributed by atoms with Crippen molar-refractivity contribution in [1.82, 2.24) is 4.57 Å². The molecule has 0 aliphatic carbocycles. The standard InChI is InChI=1S/C28H29BrN2O7S/c1-7-37-25-19(29)11-16(12-21(25)36-6)13-22-26(32)31-24(18-14-17(34-4)9-10-20(18)35-5)23(27(33)38-8-2)15(3)30-28(31)39-22/h9-14,24H,7-8H2,1-6H3/b22-13-/t24-/m1/s1. The first kappa shape index (κ1) is 28.4. The second-order valence-corrected chi connectivity index (χ2v) is 10.2. The largest absolute Gasteiger partial charge is 0.497 e. The highest BCUT2D eigenvalue weighted by atomic mass is 79.9. The molecule has 39 heavy (non-hydrogen) atoms. The maximum atomic E-state index is 14.0. The van der Waals surface area contributed by atoms with Crippen LogP contribution >= 0.6 is 27.3 Å². The molecule has 1 aromatic heterocycles. The normalized spacial score (nSPS) is 14.9. The first-order chi connectivity index (χ1) is 18.8. The second kappa shape index (κ2) is 12.1. The molecule has 0 radical (unpaired) electrons. The maximum Gasteiger partial charge on any atom is 0.338 e. The minimum Gasteiger partial charge on any atom is -0.497 e. The zero-order chi connectivity index (χ0) is 28.3. The van der Waals surface area contributed by atoms with Crippen molar-refractivity contribution in [1.29, 1.82) is 0 Å². The Kier molecular flexibility index (Phi) is 8.81. The Morgan fingerprint density at radius 1 is 1.08 bits per heavy atom. The number of esters is 1. The number of thiazole rings is 1. The van der Waals surface area contributed by atoms with Crippen LogP contribution in [-0.4, -0.2) is 45.1 Å². The molecule has 0 amide bonds. The third-order valence-corrected chi connectivity index (χ3v) is 7.66. The smallest absolute Gasteiger partial charge is 0.338 e. The molecule has 1 aliphatic rings. The van der Waals surface area contributed by atoms with Gasteiger partial charge in [-0.3, -0.25) is 9.36 Å². The zero-order valence-corrected chi connectivity index (χ0v) is 24.9. The minimum absolute atomic E-state index is 0.177. The van der Waals surface area contributed by atoms with Crippen molar-refractivity contribution < 1.29 is 28.5 Å². The summed E-state index contributed by atoms with van der Waals surface area (Å²) in [7, 11) is 4.64. The van der Waals surface area contributed by atoms with Crippen LogP contribution in [0.1, 0.15) is 37.9 Å². The van der Waals surface area contributed by atoms with Crippen molar-refractivity contribution in [2.24, 2.45) is 4.99 Å². The molecule has 1 atom stereocenters. The Hall–Kier alpha value is -3.57. The molecule has 9 nitrogen and oxygen atoms in total. The number of carbonyl (C=O) groups is 1. The molecule has 1 aliphatic heterocycles. The highest BCUT2D eigenvalue weighted by molar-refractivity contribution is 9.10. The first-order valence-corrected chi connectivity index (χ1v) is 13.8. The van der Waals surface area contributed by atoms with Crippen LogP contribution < -0.4 is 33.8 Å². The van der Waals surface area contributed by atoms with Crippen molar-refractivity contribution in [3.8, 4) is 23.0 Å². The highest BCUT2D eigenvalue weighted by Gasteiger charge is 2.35. The maximum absolute atomic E-state index is 14.0.